The summed E-state index contributed by atoms with van der Waals surface area (Å²) in [5.74, 6) is 0.00423. The van der Waals surface area contributed by atoms with E-state index in [0.717, 1.165) is 24.0 Å². The number of hydrogen-bond donors (Lipinski definition) is 1. The second-order valence-corrected chi connectivity index (χ2v) is 5.40. The van der Waals surface area contributed by atoms with Gasteiger partial charge in [0.2, 0.25) is 0 Å². The molecule has 0 spiro atoms. The number of ether oxygens (including phenoxy) is 1. The van der Waals surface area contributed by atoms with Gasteiger partial charge in [-0.15, -0.1) is 0 Å². The van der Waals surface area contributed by atoms with Crippen molar-refractivity contribution in [3.8, 4) is 0 Å². The van der Waals surface area contributed by atoms with Gasteiger partial charge in [0.1, 0.15) is 0 Å². The number of amides is 1. The molecule has 0 saturated carbocycles. The van der Waals surface area contributed by atoms with Crippen LogP contribution >= 0.6 is 15.9 Å². The van der Waals surface area contributed by atoms with Gasteiger partial charge in [-0.05, 0) is 24.5 Å². The quantitative estimate of drug-likeness (QED) is 0.786. The Morgan fingerprint density at radius 2 is 2.17 bits per heavy atom. The number of halogens is 1. The Hall–Kier alpha value is -0.870. The molecule has 0 saturated heterocycles. The summed E-state index contributed by atoms with van der Waals surface area (Å²) in [7, 11) is 1.67. The van der Waals surface area contributed by atoms with E-state index < -0.39 is 0 Å². The number of aryl methyl sites for hydroxylation is 1. The highest BCUT2D eigenvalue weighted by molar-refractivity contribution is 9.09. The van der Waals surface area contributed by atoms with Crippen molar-refractivity contribution >= 4 is 21.8 Å². The standard InChI is InChI=1S/C14H20BrNO2/c1-3-11-6-4-5-7-13(11)14(17)16-9-8-12(15)10-18-2/h4-7,12H,3,8-10H2,1-2H3,(H,16,17). The normalized spacial score (nSPS) is 12.2. The molecule has 18 heavy (non-hydrogen) atoms. The van der Waals surface area contributed by atoms with E-state index in [1.165, 1.54) is 0 Å². The molecule has 0 bridgehead atoms. The van der Waals surface area contributed by atoms with Crippen LogP contribution < -0.4 is 5.32 Å². The fourth-order valence-corrected chi connectivity index (χ4v) is 2.25. The Bertz CT molecular complexity index is 382. The molecule has 0 aliphatic rings. The summed E-state index contributed by atoms with van der Waals surface area (Å²) in [5, 5.41) is 2.94. The van der Waals surface area contributed by atoms with Crippen molar-refractivity contribution < 1.29 is 9.53 Å². The topological polar surface area (TPSA) is 38.3 Å². The molecule has 100 valence electrons. The van der Waals surface area contributed by atoms with Gasteiger partial charge < -0.3 is 10.1 Å². The van der Waals surface area contributed by atoms with Gasteiger partial charge in [0, 0.05) is 24.0 Å². The molecule has 4 heteroatoms. The maximum absolute atomic E-state index is 12.0. The van der Waals surface area contributed by atoms with Crippen LogP contribution in [0, 0.1) is 0 Å². The molecule has 1 atom stereocenters. The molecule has 1 aromatic carbocycles. The third kappa shape index (κ3) is 4.78. The van der Waals surface area contributed by atoms with Crippen molar-refractivity contribution in [3.63, 3.8) is 0 Å². The molecule has 1 amide bonds. The van der Waals surface area contributed by atoms with Crippen LogP contribution in [0.4, 0.5) is 0 Å². The van der Waals surface area contributed by atoms with Crippen molar-refractivity contribution in [2.24, 2.45) is 0 Å². The molecule has 0 aliphatic carbocycles. The van der Waals surface area contributed by atoms with Gasteiger partial charge in [-0.2, -0.15) is 0 Å². The first kappa shape index (κ1) is 15.2. The van der Waals surface area contributed by atoms with E-state index in [0.29, 0.717) is 13.2 Å². The molecular formula is C14H20BrNO2. The third-order valence-corrected chi connectivity index (χ3v) is 3.46. The molecule has 1 rings (SSSR count). The molecule has 3 nitrogen and oxygen atoms in total. The van der Waals surface area contributed by atoms with Crippen LogP contribution in [0.3, 0.4) is 0 Å². The zero-order chi connectivity index (χ0) is 13.4. The van der Waals surface area contributed by atoms with E-state index in [2.05, 4.69) is 28.2 Å². The average molecular weight is 314 g/mol. The number of rotatable bonds is 7. The predicted molar refractivity (Wildman–Crippen MR) is 77.4 cm³/mol. The summed E-state index contributed by atoms with van der Waals surface area (Å²) < 4.78 is 5.02. The van der Waals surface area contributed by atoms with Crippen molar-refractivity contribution in [1.29, 1.82) is 0 Å². The highest BCUT2D eigenvalue weighted by Crippen LogP contribution is 2.09. The van der Waals surface area contributed by atoms with Gasteiger partial charge in [-0.25, -0.2) is 0 Å². The highest BCUT2D eigenvalue weighted by Gasteiger charge is 2.10. The molecule has 0 aromatic heterocycles. The van der Waals surface area contributed by atoms with Gasteiger partial charge in [0.05, 0.1) is 6.61 Å². The fourth-order valence-electron chi connectivity index (χ4n) is 1.75. The summed E-state index contributed by atoms with van der Waals surface area (Å²) in [6, 6.07) is 7.72. The monoisotopic (exact) mass is 313 g/mol. The lowest BCUT2D eigenvalue weighted by Crippen LogP contribution is -2.27. The first-order chi connectivity index (χ1) is 8.69. The van der Waals surface area contributed by atoms with Crippen LogP contribution in [-0.4, -0.2) is 31.0 Å². The molecule has 0 radical (unpaired) electrons. The fraction of sp³-hybridized carbons (Fsp3) is 0.500. The Balaban J connectivity index is 2.45. The van der Waals surface area contributed by atoms with E-state index in [4.69, 9.17) is 4.74 Å². The molecule has 1 unspecified atom stereocenters. The molecule has 1 aromatic rings. The third-order valence-electron chi connectivity index (χ3n) is 2.73. The SMILES string of the molecule is CCc1ccccc1C(=O)NCCC(Br)COC. The number of carbonyl (C=O) groups excluding carboxylic acids is 1. The van der Waals surface area contributed by atoms with Crippen LogP contribution in [-0.2, 0) is 11.2 Å². The molecular weight excluding hydrogens is 294 g/mol. The lowest BCUT2D eigenvalue weighted by Gasteiger charge is -2.11. The number of methoxy groups -OCH3 is 1. The lowest BCUT2D eigenvalue weighted by molar-refractivity contribution is 0.0951. The van der Waals surface area contributed by atoms with Gasteiger partial charge in [-0.3, -0.25) is 4.79 Å². The molecule has 1 N–H and O–H groups in total. The maximum Gasteiger partial charge on any atom is 0.251 e. The van der Waals surface area contributed by atoms with E-state index in [1.807, 2.05) is 24.3 Å². The van der Waals surface area contributed by atoms with Crippen molar-refractivity contribution in [2.75, 3.05) is 20.3 Å². The smallest absolute Gasteiger partial charge is 0.251 e. The van der Waals surface area contributed by atoms with Crippen LogP contribution in [0.5, 0.6) is 0 Å². The van der Waals surface area contributed by atoms with Crippen LogP contribution in [0.15, 0.2) is 24.3 Å². The number of alkyl halides is 1. The summed E-state index contributed by atoms with van der Waals surface area (Å²) in [6.07, 6.45) is 1.72. The van der Waals surface area contributed by atoms with E-state index >= 15 is 0 Å². The minimum atomic E-state index is 0.00423. The van der Waals surface area contributed by atoms with Crippen LogP contribution in [0.25, 0.3) is 0 Å². The van der Waals surface area contributed by atoms with Gasteiger partial charge in [0.25, 0.3) is 5.91 Å². The summed E-state index contributed by atoms with van der Waals surface area (Å²) in [5.41, 5.74) is 1.86. The second-order valence-electron chi connectivity index (χ2n) is 4.11. The van der Waals surface area contributed by atoms with Crippen molar-refractivity contribution in [2.45, 2.75) is 24.6 Å². The maximum atomic E-state index is 12.0. The van der Waals surface area contributed by atoms with Crippen LogP contribution in [0.1, 0.15) is 29.3 Å². The van der Waals surface area contributed by atoms with Gasteiger partial charge >= 0.3 is 0 Å². The Morgan fingerprint density at radius 3 is 2.83 bits per heavy atom. The predicted octanol–water partition coefficient (Wildman–Crippen LogP) is 2.78. The summed E-state index contributed by atoms with van der Waals surface area (Å²) >= 11 is 3.50. The van der Waals surface area contributed by atoms with Crippen molar-refractivity contribution in [3.05, 3.63) is 35.4 Å². The van der Waals surface area contributed by atoms with Crippen molar-refractivity contribution in [1.82, 2.24) is 5.32 Å². The average Bonchev–Trinajstić information content (AvgIpc) is 2.38. The lowest BCUT2D eigenvalue weighted by atomic mass is 10.0. The largest absolute Gasteiger partial charge is 0.384 e. The zero-order valence-corrected chi connectivity index (χ0v) is 12.5. The second kappa shape index (κ2) is 8.27. The first-order valence-electron chi connectivity index (χ1n) is 6.18. The van der Waals surface area contributed by atoms with E-state index in [-0.39, 0.29) is 10.7 Å². The number of hydrogen-bond acceptors (Lipinski definition) is 2. The van der Waals surface area contributed by atoms with Gasteiger partial charge in [-0.1, -0.05) is 41.1 Å². The number of benzene rings is 1. The Labute approximate surface area is 117 Å². The van der Waals surface area contributed by atoms with E-state index in [9.17, 15) is 4.79 Å². The summed E-state index contributed by atoms with van der Waals surface area (Å²) in [4.78, 5) is 12.3. The molecule has 0 aliphatic heterocycles. The number of nitrogens with one attached hydrogen (secondary N) is 1. The Kier molecular flexibility index (Phi) is 6.98. The van der Waals surface area contributed by atoms with Crippen LogP contribution in [0.2, 0.25) is 0 Å². The zero-order valence-electron chi connectivity index (χ0n) is 10.9. The van der Waals surface area contributed by atoms with E-state index in [1.54, 1.807) is 7.11 Å². The highest BCUT2D eigenvalue weighted by atomic mass is 79.9. The summed E-state index contributed by atoms with van der Waals surface area (Å²) in [6.45, 7) is 3.36. The first-order valence-corrected chi connectivity index (χ1v) is 7.09. The minimum Gasteiger partial charge on any atom is -0.384 e. The minimum absolute atomic E-state index is 0.00423. The molecule has 0 heterocycles. The Morgan fingerprint density at radius 1 is 1.44 bits per heavy atom. The number of carbonyl (C=O) groups is 1. The van der Waals surface area contributed by atoms with Gasteiger partial charge in [0.15, 0.2) is 0 Å². The molecule has 0 fully saturated rings.